The van der Waals surface area contributed by atoms with Crippen LogP contribution in [0.1, 0.15) is 5.56 Å². The minimum Gasteiger partial charge on any atom is -0.493 e. The molecule has 0 saturated carbocycles. The van der Waals surface area contributed by atoms with E-state index >= 15 is 0 Å². The van der Waals surface area contributed by atoms with Gasteiger partial charge in [-0.1, -0.05) is 18.2 Å². The van der Waals surface area contributed by atoms with Crippen LogP contribution in [-0.2, 0) is 13.0 Å². The third kappa shape index (κ3) is 3.95. The van der Waals surface area contributed by atoms with Crippen molar-refractivity contribution in [3.63, 3.8) is 0 Å². The summed E-state index contributed by atoms with van der Waals surface area (Å²) in [6.45, 7) is 1.87. The van der Waals surface area contributed by atoms with E-state index in [2.05, 4.69) is 29.0 Å². The minimum absolute atomic E-state index is 0.513. The molecular formula is C21H26N2O4. The second-order valence-electron chi connectivity index (χ2n) is 6.11. The topological polar surface area (TPSA) is 67.9 Å². The Morgan fingerprint density at radius 2 is 1.67 bits per heavy atom. The van der Waals surface area contributed by atoms with Crippen molar-refractivity contribution in [2.45, 2.75) is 13.0 Å². The molecule has 0 saturated heterocycles. The lowest BCUT2D eigenvalue weighted by Crippen LogP contribution is -2.08. The molecule has 3 aromatic rings. The second-order valence-corrected chi connectivity index (χ2v) is 6.11. The molecule has 0 unspecified atom stereocenters. The van der Waals surface area contributed by atoms with Gasteiger partial charge in [-0.15, -0.1) is 0 Å². The van der Waals surface area contributed by atoms with Gasteiger partial charge in [0, 0.05) is 29.2 Å². The summed E-state index contributed by atoms with van der Waals surface area (Å²) in [6.07, 6.45) is 3.03. The van der Waals surface area contributed by atoms with E-state index < -0.39 is 0 Å². The number of hydrogen-bond acceptors (Lipinski definition) is 5. The predicted molar refractivity (Wildman–Crippen MR) is 106 cm³/mol. The summed E-state index contributed by atoms with van der Waals surface area (Å²) < 4.78 is 24.2. The van der Waals surface area contributed by atoms with Crippen LogP contribution in [0.25, 0.3) is 10.9 Å². The summed E-state index contributed by atoms with van der Waals surface area (Å²) >= 11 is 0. The van der Waals surface area contributed by atoms with Crippen LogP contribution in [0.2, 0.25) is 0 Å². The maximum absolute atomic E-state index is 5.95. The standard InChI is InChI=1S/C21H26N2O4/c1-24-19-12-16(13-20(25-2)21(19)26-3)27-11-10-23-14-15(8-9-22)17-6-4-5-7-18(17)23/h4-7,12-14H,8-11,22H2,1-3H3. The van der Waals surface area contributed by atoms with Crippen LogP contribution < -0.4 is 24.7 Å². The maximum atomic E-state index is 5.95. The average molecular weight is 370 g/mol. The van der Waals surface area contributed by atoms with Gasteiger partial charge in [0.25, 0.3) is 0 Å². The van der Waals surface area contributed by atoms with Crippen LogP contribution in [0.3, 0.4) is 0 Å². The van der Waals surface area contributed by atoms with Crippen molar-refractivity contribution in [1.29, 1.82) is 0 Å². The number of aromatic nitrogens is 1. The summed E-state index contributed by atoms with van der Waals surface area (Å²) in [6, 6.07) is 12.0. The first kappa shape index (κ1) is 18.9. The van der Waals surface area contributed by atoms with Gasteiger partial charge in [0.1, 0.15) is 12.4 Å². The molecule has 0 spiro atoms. The highest BCUT2D eigenvalue weighted by Crippen LogP contribution is 2.40. The zero-order chi connectivity index (χ0) is 19.2. The summed E-state index contributed by atoms with van der Waals surface area (Å²) in [5.41, 5.74) is 8.20. The third-order valence-electron chi connectivity index (χ3n) is 4.52. The van der Waals surface area contributed by atoms with Crippen molar-refractivity contribution in [2.24, 2.45) is 5.73 Å². The van der Waals surface area contributed by atoms with Crippen LogP contribution in [0.5, 0.6) is 23.0 Å². The molecule has 0 aliphatic carbocycles. The number of methoxy groups -OCH3 is 3. The number of rotatable bonds is 9. The lowest BCUT2D eigenvalue weighted by Gasteiger charge is -2.15. The monoisotopic (exact) mass is 370 g/mol. The van der Waals surface area contributed by atoms with Gasteiger partial charge in [0.05, 0.1) is 27.9 Å². The first-order valence-corrected chi connectivity index (χ1v) is 8.91. The molecule has 0 radical (unpaired) electrons. The van der Waals surface area contributed by atoms with Gasteiger partial charge in [-0.05, 0) is 24.6 Å². The van der Waals surface area contributed by atoms with E-state index in [0.717, 1.165) is 13.0 Å². The van der Waals surface area contributed by atoms with Crippen molar-refractivity contribution >= 4 is 10.9 Å². The summed E-state index contributed by atoms with van der Waals surface area (Å²) in [5, 5.41) is 1.25. The number of nitrogens with zero attached hydrogens (tertiary/aromatic N) is 1. The van der Waals surface area contributed by atoms with Crippen molar-refractivity contribution in [1.82, 2.24) is 4.57 Å². The lowest BCUT2D eigenvalue weighted by molar-refractivity contribution is 0.288. The van der Waals surface area contributed by atoms with E-state index in [-0.39, 0.29) is 0 Å². The van der Waals surface area contributed by atoms with E-state index in [1.165, 1.54) is 16.5 Å². The SMILES string of the molecule is COc1cc(OCCn2cc(CCN)c3ccccc32)cc(OC)c1OC. The van der Waals surface area contributed by atoms with E-state index in [0.29, 0.717) is 36.1 Å². The Bertz CT molecular complexity index is 879. The smallest absolute Gasteiger partial charge is 0.203 e. The van der Waals surface area contributed by atoms with Crippen LogP contribution in [0.15, 0.2) is 42.6 Å². The Balaban J connectivity index is 1.76. The molecule has 2 aromatic carbocycles. The highest BCUT2D eigenvalue weighted by atomic mass is 16.5. The van der Waals surface area contributed by atoms with Crippen LogP contribution in [-0.4, -0.2) is 39.0 Å². The number of hydrogen-bond donors (Lipinski definition) is 1. The van der Waals surface area contributed by atoms with E-state index in [1.54, 1.807) is 33.5 Å². The van der Waals surface area contributed by atoms with Gasteiger partial charge >= 0.3 is 0 Å². The molecule has 0 aliphatic rings. The molecule has 0 fully saturated rings. The number of benzene rings is 2. The van der Waals surface area contributed by atoms with Gasteiger partial charge in [0.15, 0.2) is 11.5 Å². The average Bonchev–Trinajstić information content (AvgIpc) is 3.05. The molecule has 0 aliphatic heterocycles. The number of fused-ring (bicyclic) bond motifs is 1. The molecule has 1 aromatic heterocycles. The van der Waals surface area contributed by atoms with Crippen molar-refractivity contribution in [3.8, 4) is 23.0 Å². The normalized spacial score (nSPS) is 10.8. The summed E-state index contributed by atoms with van der Waals surface area (Å²) in [5.74, 6) is 2.37. The largest absolute Gasteiger partial charge is 0.493 e. The fourth-order valence-corrected chi connectivity index (χ4v) is 3.26. The first-order valence-electron chi connectivity index (χ1n) is 8.91. The highest BCUT2D eigenvalue weighted by Gasteiger charge is 2.14. The zero-order valence-electron chi connectivity index (χ0n) is 16.0. The van der Waals surface area contributed by atoms with Crippen LogP contribution in [0.4, 0.5) is 0 Å². The Morgan fingerprint density at radius 3 is 2.30 bits per heavy atom. The van der Waals surface area contributed by atoms with Crippen LogP contribution >= 0.6 is 0 Å². The number of nitrogens with two attached hydrogens (primary N) is 1. The van der Waals surface area contributed by atoms with Gasteiger partial charge in [-0.25, -0.2) is 0 Å². The van der Waals surface area contributed by atoms with Gasteiger partial charge in [0.2, 0.25) is 5.75 Å². The van der Waals surface area contributed by atoms with Gasteiger partial charge < -0.3 is 29.2 Å². The molecule has 3 rings (SSSR count). The molecule has 6 heteroatoms. The molecule has 0 amide bonds. The first-order chi connectivity index (χ1) is 13.2. The van der Waals surface area contributed by atoms with E-state index in [4.69, 9.17) is 24.7 Å². The molecule has 27 heavy (non-hydrogen) atoms. The fourth-order valence-electron chi connectivity index (χ4n) is 3.26. The molecule has 2 N–H and O–H groups in total. The lowest BCUT2D eigenvalue weighted by atomic mass is 10.1. The predicted octanol–water partition coefficient (Wildman–Crippen LogP) is 3.25. The Hall–Kier alpha value is -2.86. The summed E-state index contributed by atoms with van der Waals surface area (Å²) in [7, 11) is 4.76. The van der Waals surface area contributed by atoms with Gasteiger partial charge in [-0.3, -0.25) is 0 Å². The zero-order valence-corrected chi connectivity index (χ0v) is 16.0. The molecule has 6 nitrogen and oxygen atoms in total. The van der Waals surface area contributed by atoms with E-state index in [9.17, 15) is 0 Å². The number of para-hydroxylation sites is 1. The molecule has 144 valence electrons. The Kier molecular flexibility index (Phi) is 6.08. The second kappa shape index (κ2) is 8.68. The van der Waals surface area contributed by atoms with Crippen LogP contribution in [0, 0.1) is 0 Å². The fraction of sp³-hybridized carbons (Fsp3) is 0.333. The maximum Gasteiger partial charge on any atom is 0.203 e. The van der Waals surface area contributed by atoms with Crippen molar-refractivity contribution in [2.75, 3.05) is 34.5 Å². The van der Waals surface area contributed by atoms with Gasteiger partial charge in [-0.2, -0.15) is 0 Å². The van der Waals surface area contributed by atoms with E-state index in [1.807, 2.05) is 6.07 Å². The molecular weight excluding hydrogens is 344 g/mol. The third-order valence-corrected chi connectivity index (χ3v) is 4.52. The summed E-state index contributed by atoms with van der Waals surface area (Å²) in [4.78, 5) is 0. The molecule has 1 heterocycles. The quantitative estimate of drug-likeness (QED) is 0.626. The van der Waals surface area contributed by atoms with Crippen molar-refractivity contribution < 1.29 is 18.9 Å². The Labute approximate surface area is 159 Å². The molecule has 0 atom stereocenters. The Morgan fingerprint density at radius 1 is 0.963 bits per heavy atom. The highest BCUT2D eigenvalue weighted by molar-refractivity contribution is 5.84. The minimum atomic E-state index is 0.513. The number of ether oxygens (including phenoxy) is 4. The molecule has 0 bridgehead atoms. The van der Waals surface area contributed by atoms with Crippen molar-refractivity contribution in [3.05, 3.63) is 48.2 Å².